The molecule has 0 aliphatic heterocycles. The van der Waals surface area contributed by atoms with Crippen molar-refractivity contribution in [2.45, 2.75) is 19.9 Å². The Labute approximate surface area is 126 Å². The number of nitrogens with one attached hydrogen (secondary N) is 1. The summed E-state index contributed by atoms with van der Waals surface area (Å²) in [6, 6.07) is 16.1. The van der Waals surface area contributed by atoms with Gasteiger partial charge in [-0.1, -0.05) is 36.4 Å². The lowest BCUT2D eigenvalue weighted by Crippen LogP contribution is -2.23. The van der Waals surface area contributed by atoms with E-state index < -0.39 is 0 Å². The van der Waals surface area contributed by atoms with Gasteiger partial charge in [0, 0.05) is 25.8 Å². The van der Waals surface area contributed by atoms with Crippen LogP contribution in [-0.2, 0) is 0 Å². The molecule has 1 amide bonds. The first-order valence-corrected chi connectivity index (χ1v) is 7.13. The zero-order valence-corrected chi connectivity index (χ0v) is 13.1. The molecule has 0 aromatic heterocycles. The van der Waals surface area contributed by atoms with Gasteiger partial charge in [-0.15, -0.1) is 0 Å². The average Bonchev–Trinajstić information content (AvgIpc) is 2.47. The van der Waals surface area contributed by atoms with Crippen LogP contribution in [0.5, 0.6) is 0 Å². The number of benzene rings is 2. The highest BCUT2D eigenvalue weighted by Crippen LogP contribution is 2.24. The predicted molar refractivity (Wildman–Crippen MR) is 87.7 cm³/mol. The minimum absolute atomic E-state index is 0.00934. The van der Waals surface area contributed by atoms with Crippen molar-refractivity contribution in [2.75, 3.05) is 19.4 Å². The Kier molecular flexibility index (Phi) is 4.63. The maximum atomic E-state index is 12.2. The fourth-order valence-electron chi connectivity index (χ4n) is 2.42. The second-order valence-corrected chi connectivity index (χ2v) is 5.47. The van der Waals surface area contributed by atoms with E-state index in [-0.39, 0.29) is 11.9 Å². The number of carbonyl (C=O) groups is 1. The molecule has 0 spiro atoms. The molecule has 0 aliphatic rings. The van der Waals surface area contributed by atoms with Crippen molar-refractivity contribution in [2.24, 2.45) is 0 Å². The van der Waals surface area contributed by atoms with Crippen molar-refractivity contribution >= 4 is 11.6 Å². The molecule has 1 N–H and O–H groups in total. The molecule has 0 radical (unpaired) electrons. The fourth-order valence-corrected chi connectivity index (χ4v) is 2.42. The van der Waals surface area contributed by atoms with E-state index in [2.05, 4.69) is 31.3 Å². The highest BCUT2D eigenvalue weighted by molar-refractivity contribution is 5.99. The van der Waals surface area contributed by atoms with Crippen molar-refractivity contribution < 1.29 is 4.79 Å². The standard InChI is InChI=1S/C18H22N2O/c1-13-9-5-6-10-15(13)14(2)19-17-12-8-7-11-16(17)18(21)20(3)4/h5-12,14,19H,1-4H3. The second-order valence-electron chi connectivity index (χ2n) is 5.47. The largest absolute Gasteiger partial charge is 0.378 e. The number of aryl methyl sites for hydroxylation is 1. The van der Waals surface area contributed by atoms with Crippen molar-refractivity contribution in [1.29, 1.82) is 0 Å². The van der Waals surface area contributed by atoms with Gasteiger partial charge in [-0.25, -0.2) is 0 Å². The second kappa shape index (κ2) is 6.44. The van der Waals surface area contributed by atoms with E-state index in [0.29, 0.717) is 5.56 Å². The third-order valence-corrected chi connectivity index (χ3v) is 3.59. The third-order valence-electron chi connectivity index (χ3n) is 3.59. The fraction of sp³-hybridized carbons (Fsp3) is 0.278. The monoisotopic (exact) mass is 282 g/mol. The van der Waals surface area contributed by atoms with Crippen LogP contribution in [0, 0.1) is 6.92 Å². The van der Waals surface area contributed by atoms with E-state index in [4.69, 9.17) is 0 Å². The first-order chi connectivity index (χ1) is 10.0. The van der Waals surface area contributed by atoms with Gasteiger partial charge < -0.3 is 10.2 Å². The maximum Gasteiger partial charge on any atom is 0.255 e. The van der Waals surface area contributed by atoms with Gasteiger partial charge in [0.05, 0.1) is 5.56 Å². The van der Waals surface area contributed by atoms with Gasteiger partial charge in [-0.2, -0.15) is 0 Å². The zero-order chi connectivity index (χ0) is 15.4. The topological polar surface area (TPSA) is 32.3 Å². The number of hydrogen-bond donors (Lipinski definition) is 1. The molecular formula is C18H22N2O. The molecule has 0 aliphatic carbocycles. The van der Waals surface area contributed by atoms with Gasteiger partial charge >= 0.3 is 0 Å². The first-order valence-electron chi connectivity index (χ1n) is 7.13. The van der Waals surface area contributed by atoms with Crippen LogP contribution in [0.3, 0.4) is 0 Å². The Bertz CT molecular complexity index is 635. The SMILES string of the molecule is Cc1ccccc1C(C)Nc1ccccc1C(=O)N(C)C. The van der Waals surface area contributed by atoms with Crippen LogP contribution in [0.1, 0.15) is 34.5 Å². The van der Waals surface area contributed by atoms with E-state index in [1.807, 2.05) is 36.4 Å². The van der Waals surface area contributed by atoms with Gasteiger partial charge in [0.2, 0.25) is 0 Å². The predicted octanol–water partition coefficient (Wildman–Crippen LogP) is 3.87. The summed E-state index contributed by atoms with van der Waals surface area (Å²) in [5.41, 5.74) is 4.05. The number of hydrogen-bond acceptors (Lipinski definition) is 2. The van der Waals surface area contributed by atoms with Crippen LogP contribution in [0.25, 0.3) is 0 Å². The molecule has 0 heterocycles. The molecule has 1 unspecified atom stereocenters. The van der Waals surface area contributed by atoms with E-state index in [0.717, 1.165) is 5.69 Å². The number of para-hydroxylation sites is 1. The smallest absolute Gasteiger partial charge is 0.255 e. The number of nitrogens with zero attached hydrogens (tertiary/aromatic N) is 1. The molecular weight excluding hydrogens is 260 g/mol. The first kappa shape index (κ1) is 15.1. The van der Waals surface area contributed by atoms with Crippen molar-refractivity contribution in [3.8, 4) is 0 Å². The van der Waals surface area contributed by atoms with Crippen LogP contribution in [0.4, 0.5) is 5.69 Å². The van der Waals surface area contributed by atoms with Crippen LogP contribution in [0.15, 0.2) is 48.5 Å². The lowest BCUT2D eigenvalue weighted by atomic mass is 10.0. The van der Waals surface area contributed by atoms with Crippen LogP contribution in [-0.4, -0.2) is 24.9 Å². The van der Waals surface area contributed by atoms with Gasteiger partial charge in [0.15, 0.2) is 0 Å². The number of carbonyl (C=O) groups excluding carboxylic acids is 1. The lowest BCUT2D eigenvalue weighted by molar-refractivity contribution is 0.0828. The molecule has 3 nitrogen and oxygen atoms in total. The summed E-state index contributed by atoms with van der Waals surface area (Å²) >= 11 is 0. The summed E-state index contributed by atoms with van der Waals surface area (Å²) in [4.78, 5) is 13.8. The minimum atomic E-state index is 0.00934. The highest BCUT2D eigenvalue weighted by Gasteiger charge is 2.15. The van der Waals surface area contributed by atoms with Crippen molar-refractivity contribution in [3.05, 3.63) is 65.2 Å². The quantitative estimate of drug-likeness (QED) is 0.923. The van der Waals surface area contributed by atoms with Gasteiger partial charge in [0.1, 0.15) is 0 Å². The lowest BCUT2D eigenvalue weighted by Gasteiger charge is -2.21. The molecule has 0 saturated heterocycles. The molecule has 0 fully saturated rings. The molecule has 2 aromatic carbocycles. The molecule has 2 rings (SSSR count). The average molecular weight is 282 g/mol. The van der Waals surface area contributed by atoms with Crippen molar-refractivity contribution in [3.63, 3.8) is 0 Å². The van der Waals surface area contributed by atoms with E-state index in [9.17, 15) is 4.79 Å². The molecule has 0 bridgehead atoms. The molecule has 1 atom stereocenters. The zero-order valence-electron chi connectivity index (χ0n) is 13.1. The van der Waals surface area contributed by atoms with Crippen molar-refractivity contribution in [1.82, 2.24) is 4.90 Å². The Morgan fingerprint density at radius 1 is 1.05 bits per heavy atom. The Balaban J connectivity index is 2.28. The third kappa shape index (κ3) is 3.43. The molecule has 21 heavy (non-hydrogen) atoms. The molecule has 2 aromatic rings. The maximum absolute atomic E-state index is 12.2. The summed E-state index contributed by atoms with van der Waals surface area (Å²) in [5.74, 6) is 0.00934. The van der Waals surface area contributed by atoms with Gasteiger partial charge in [0.25, 0.3) is 5.91 Å². The minimum Gasteiger partial charge on any atom is -0.378 e. The van der Waals surface area contributed by atoms with E-state index in [1.54, 1.807) is 19.0 Å². The van der Waals surface area contributed by atoms with E-state index >= 15 is 0 Å². The normalized spacial score (nSPS) is 11.8. The number of amides is 1. The number of anilines is 1. The molecule has 3 heteroatoms. The summed E-state index contributed by atoms with van der Waals surface area (Å²) in [5, 5.41) is 3.46. The van der Waals surface area contributed by atoms with Crippen LogP contribution in [0.2, 0.25) is 0 Å². The Morgan fingerprint density at radius 2 is 1.67 bits per heavy atom. The molecule has 110 valence electrons. The summed E-state index contributed by atoms with van der Waals surface area (Å²) < 4.78 is 0. The van der Waals surface area contributed by atoms with Gasteiger partial charge in [-0.05, 0) is 37.1 Å². The molecule has 0 saturated carbocycles. The Morgan fingerprint density at radius 3 is 2.33 bits per heavy atom. The summed E-state index contributed by atoms with van der Waals surface area (Å²) in [6.07, 6.45) is 0. The number of rotatable bonds is 4. The highest BCUT2D eigenvalue weighted by atomic mass is 16.2. The van der Waals surface area contributed by atoms with Gasteiger partial charge in [-0.3, -0.25) is 4.79 Å². The Hall–Kier alpha value is -2.29. The van der Waals surface area contributed by atoms with E-state index in [1.165, 1.54) is 11.1 Å². The van der Waals surface area contributed by atoms with Crippen LogP contribution < -0.4 is 5.32 Å². The summed E-state index contributed by atoms with van der Waals surface area (Å²) in [6.45, 7) is 4.21. The van der Waals surface area contributed by atoms with Crippen LogP contribution >= 0.6 is 0 Å². The summed E-state index contributed by atoms with van der Waals surface area (Å²) in [7, 11) is 3.54.